The number of carbonyl (C=O) groups excluding carboxylic acids is 2. The van der Waals surface area contributed by atoms with Crippen LogP contribution < -0.4 is 5.32 Å². The SMILES string of the molecule is CC[S+](=O)(O)c1ccc(CNC(=O)c2cc3c(s2)C2(CCN(C(=O)OC(C)(C)C)CC2)OC2(CC2)C3)cc1. The summed E-state index contributed by atoms with van der Waals surface area (Å²) >= 11 is 1.50. The molecule has 1 aliphatic carbocycles. The van der Waals surface area contributed by atoms with E-state index in [-0.39, 0.29) is 23.4 Å². The number of thiophene rings is 1. The molecule has 2 amide bonds. The number of hydrogen-bond donors (Lipinski definition) is 2. The number of likely N-dealkylation sites (tertiary alicyclic amines) is 1. The summed E-state index contributed by atoms with van der Waals surface area (Å²) < 4.78 is 34.5. The van der Waals surface area contributed by atoms with E-state index in [0.29, 0.717) is 42.2 Å². The van der Waals surface area contributed by atoms with Gasteiger partial charge in [0.05, 0.1) is 10.5 Å². The summed E-state index contributed by atoms with van der Waals surface area (Å²) in [5.74, 6) is 0.0247. The third-order valence-electron chi connectivity index (χ3n) is 7.54. The molecule has 206 valence electrons. The van der Waals surface area contributed by atoms with E-state index in [1.54, 1.807) is 36.1 Å². The van der Waals surface area contributed by atoms with Gasteiger partial charge in [0.25, 0.3) is 5.91 Å². The first-order valence-corrected chi connectivity index (χ1v) is 15.8. The van der Waals surface area contributed by atoms with Crippen molar-refractivity contribution in [2.45, 2.75) is 88.0 Å². The maximum Gasteiger partial charge on any atom is 0.410 e. The maximum absolute atomic E-state index is 13.1. The molecule has 0 bridgehead atoms. The van der Waals surface area contributed by atoms with Crippen LogP contribution in [-0.4, -0.2) is 51.5 Å². The van der Waals surface area contributed by atoms with Gasteiger partial charge in [0.15, 0.2) is 4.90 Å². The maximum atomic E-state index is 13.1. The van der Waals surface area contributed by atoms with Crippen LogP contribution in [0.3, 0.4) is 0 Å². The molecule has 1 aromatic heterocycles. The van der Waals surface area contributed by atoms with Gasteiger partial charge in [0.1, 0.15) is 17.0 Å². The number of ether oxygens (including phenoxy) is 2. The van der Waals surface area contributed by atoms with Crippen molar-refractivity contribution in [3.8, 4) is 0 Å². The molecular formula is C28H37N2O6S2+. The summed E-state index contributed by atoms with van der Waals surface area (Å²) in [6.45, 7) is 8.73. The number of carbonyl (C=O) groups is 2. The minimum atomic E-state index is -3.00. The van der Waals surface area contributed by atoms with Crippen LogP contribution >= 0.6 is 11.3 Å². The minimum absolute atomic E-state index is 0.137. The Balaban J connectivity index is 1.28. The third-order valence-corrected chi connectivity index (χ3v) is 10.7. The van der Waals surface area contributed by atoms with Crippen molar-refractivity contribution < 1.29 is 27.8 Å². The van der Waals surface area contributed by atoms with Gasteiger partial charge < -0.3 is 19.7 Å². The molecule has 2 spiro atoms. The lowest BCUT2D eigenvalue weighted by atomic mass is 9.83. The second kappa shape index (κ2) is 9.73. The fourth-order valence-corrected chi connectivity index (χ4v) is 7.46. The molecule has 1 saturated carbocycles. The highest BCUT2D eigenvalue weighted by Gasteiger charge is 2.57. The number of rotatable bonds is 5. The summed E-state index contributed by atoms with van der Waals surface area (Å²) in [4.78, 5) is 29.7. The number of benzene rings is 1. The number of fused-ring (bicyclic) bond motifs is 2. The fourth-order valence-electron chi connectivity index (χ4n) is 5.28. The van der Waals surface area contributed by atoms with E-state index in [9.17, 15) is 18.4 Å². The monoisotopic (exact) mass is 561 g/mol. The van der Waals surface area contributed by atoms with Crippen LogP contribution in [0.5, 0.6) is 0 Å². The molecule has 3 aliphatic rings. The Morgan fingerprint density at radius 2 is 1.82 bits per heavy atom. The van der Waals surface area contributed by atoms with Gasteiger partial charge in [-0.05, 0) is 82.7 Å². The molecule has 3 heterocycles. The largest absolute Gasteiger partial charge is 0.444 e. The smallest absolute Gasteiger partial charge is 0.410 e. The van der Waals surface area contributed by atoms with Crippen LogP contribution in [-0.2, 0) is 42.5 Å². The van der Waals surface area contributed by atoms with Crippen molar-refractivity contribution in [2.24, 2.45) is 0 Å². The van der Waals surface area contributed by atoms with Gasteiger partial charge in [0, 0.05) is 30.9 Å². The summed E-state index contributed by atoms with van der Waals surface area (Å²) in [5, 5.41) is 3.00. The van der Waals surface area contributed by atoms with Crippen LogP contribution in [0.4, 0.5) is 4.79 Å². The van der Waals surface area contributed by atoms with Crippen LogP contribution in [0.15, 0.2) is 35.2 Å². The molecule has 2 fully saturated rings. The van der Waals surface area contributed by atoms with Crippen LogP contribution in [0.25, 0.3) is 0 Å². The molecular weight excluding hydrogens is 524 g/mol. The number of nitrogens with one attached hydrogen (secondary N) is 1. The number of piperidine rings is 1. The van der Waals surface area contributed by atoms with Gasteiger partial charge in [-0.3, -0.25) is 4.79 Å². The van der Waals surface area contributed by atoms with Crippen molar-refractivity contribution in [1.29, 1.82) is 0 Å². The highest BCUT2D eigenvalue weighted by atomic mass is 32.3. The lowest BCUT2D eigenvalue weighted by molar-refractivity contribution is -0.148. The van der Waals surface area contributed by atoms with E-state index in [1.807, 2.05) is 26.8 Å². The van der Waals surface area contributed by atoms with Crippen LogP contribution in [0.2, 0.25) is 0 Å². The second-order valence-corrected chi connectivity index (χ2v) is 15.0. The quantitative estimate of drug-likeness (QED) is 0.476. The zero-order valence-electron chi connectivity index (χ0n) is 22.5. The fraction of sp³-hybridized carbons (Fsp3) is 0.571. The van der Waals surface area contributed by atoms with Crippen molar-refractivity contribution in [3.05, 3.63) is 51.2 Å². The normalized spacial score (nSPS) is 21.0. The van der Waals surface area contributed by atoms with Gasteiger partial charge >= 0.3 is 6.09 Å². The standard InChI is InChI=1S/C28H36N2O6S2/c1-5-38(33,34)21-8-6-19(7-9-21)18-29-24(31)22-16-20-17-27(10-11-27)36-28(23(20)37-22)12-14-30(15-13-28)25(32)35-26(2,3)4/h6-9,16H,5,10-15,17-18H2,1-4H3,(H-,29,31,33,34)/p+1. The topological polar surface area (TPSA) is 105 Å². The van der Waals surface area contributed by atoms with Crippen molar-refractivity contribution in [1.82, 2.24) is 10.2 Å². The van der Waals surface area contributed by atoms with E-state index < -0.39 is 21.4 Å². The first kappa shape index (κ1) is 27.3. The van der Waals surface area contributed by atoms with E-state index >= 15 is 0 Å². The first-order chi connectivity index (χ1) is 17.8. The second-order valence-electron chi connectivity index (χ2n) is 11.6. The number of amides is 2. The van der Waals surface area contributed by atoms with E-state index in [1.165, 1.54) is 16.9 Å². The van der Waals surface area contributed by atoms with Gasteiger partial charge in [-0.2, -0.15) is 4.55 Å². The van der Waals surface area contributed by atoms with Crippen molar-refractivity contribution in [3.63, 3.8) is 0 Å². The van der Waals surface area contributed by atoms with Crippen LogP contribution in [0.1, 0.15) is 79.1 Å². The summed E-state index contributed by atoms with van der Waals surface area (Å²) in [5.41, 5.74) is 0.907. The molecule has 2 aromatic rings. The summed E-state index contributed by atoms with van der Waals surface area (Å²) in [6.07, 6.45) is 3.94. The average molecular weight is 562 g/mol. The zero-order chi connectivity index (χ0) is 27.3. The molecule has 2 N–H and O–H groups in total. The average Bonchev–Trinajstić information content (AvgIpc) is 3.45. The Labute approximate surface area is 229 Å². The minimum Gasteiger partial charge on any atom is -0.444 e. The molecule has 1 unspecified atom stereocenters. The Kier molecular flexibility index (Phi) is 6.99. The predicted octanol–water partition coefficient (Wildman–Crippen LogP) is 5.36. The molecule has 1 aromatic carbocycles. The Morgan fingerprint density at radius 3 is 2.39 bits per heavy atom. The number of nitrogens with zero attached hydrogens (tertiary/aromatic N) is 1. The highest BCUT2D eigenvalue weighted by molar-refractivity contribution is 7.97. The lowest BCUT2D eigenvalue weighted by Gasteiger charge is -2.46. The van der Waals surface area contributed by atoms with Gasteiger partial charge in [0.2, 0.25) is 10.2 Å². The van der Waals surface area contributed by atoms with Gasteiger partial charge in [-0.25, -0.2) is 4.79 Å². The van der Waals surface area contributed by atoms with Crippen molar-refractivity contribution in [2.75, 3.05) is 18.8 Å². The van der Waals surface area contributed by atoms with E-state index in [2.05, 4.69) is 5.32 Å². The van der Waals surface area contributed by atoms with Gasteiger partial charge in [-0.1, -0.05) is 16.3 Å². The zero-order valence-corrected chi connectivity index (χ0v) is 24.1. The van der Waals surface area contributed by atoms with Gasteiger partial charge in [-0.15, -0.1) is 11.3 Å². The Bertz CT molecular complexity index is 1270. The van der Waals surface area contributed by atoms with Crippen molar-refractivity contribution >= 4 is 33.6 Å². The third kappa shape index (κ3) is 5.54. The Hall–Kier alpha value is -2.27. The summed E-state index contributed by atoms with van der Waals surface area (Å²) in [7, 11) is -3.00. The molecule has 1 atom stereocenters. The molecule has 38 heavy (non-hydrogen) atoms. The lowest BCUT2D eigenvalue weighted by Crippen LogP contribution is -2.51. The van der Waals surface area contributed by atoms with Crippen LogP contribution in [0, 0.1) is 0 Å². The molecule has 5 rings (SSSR count). The number of hydrogen-bond acceptors (Lipinski definition) is 6. The Morgan fingerprint density at radius 1 is 1.16 bits per heavy atom. The van der Waals surface area contributed by atoms with E-state index in [0.717, 1.165) is 29.7 Å². The molecule has 10 heteroatoms. The summed E-state index contributed by atoms with van der Waals surface area (Å²) in [6, 6.07) is 8.87. The molecule has 0 radical (unpaired) electrons. The van der Waals surface area contributed by atoms with E-state index in [4.69, 9.17) is 9.47 Å². The molecule has 8 nitrogen and oxygen atoms in total. The molecule has 2 aliphatic heterocycles. The molecule has 1 saturated heterocycles. The first-order valence-electron chi connectivity index (χ1n) is 13.3. The predicted molar refractivity (Wildman–Crippen MR) is 147 cm³/mol. The highest BCUT2D eigenvalue weighted by Crippen LogP contribution is 2.57.